The Morgan fingerprint density at radius 3 is 2.91 bits per heavy atom. The molecule has 3 heterocycles. The van der Waals surface area contributed by atoms with Crippen molar-refractivity contribution >= 4 is 11.7 Å². The molecule has 1 amide bonds. The van der Waals surface area contributed by atoms with Crippen LogP contribution in [0.25, 0.3) is 0 Å². The van der Waals surface area contributed by atoms with Gasteiger partial charge in [0.25, 0.3) is 5.91 Å². The number of nitrogens with zero attached hydrogens (tertiary/aromatic N) is 2. The molecule has 6 nitrogen and oxygen atoms in total. The molecule has 0 spiro atoms. The standard InChI is InChI=1S/C16H24N4O2/c1-3-22-20-10-12-4-5-14(18-13-6-8-17-9-7-13)19-15(12)11(2)16(20)21/h4-5,11,13,17H,3,6-10H2,1-2H3,(H,18,19). The predicted octanol–water partition coefficient (Wildman–Crippen LogP) is 1.64. The van der Waals surface area contributed by atoms with Crippen molar-refractivity contribution in [3.8, 4) is 0 Å². The Hall–Kier alpha value is -1.66. The van der Waals surface area contributed by atoms with E-state index < -0.39 is 0 Å². The Labute approximate surface area is 131 Å². The first kappa shape index (κ1) is 15.2. The molecular formula is C16H24N4O2. The summed E-state index contributed by atoms with van der Waals surface area (Å²) in [6, 6.07) is 4.52. The fourth-order valence-electron chi connectivity index (χ4n) is 3.10. The number of piperidine rings is 1. The van der Waals surface area contributed by atoms with Gasteiger partial charge in [-0.05, 0) is 51.4 Å². The van der Waals surface area contributed by atoms with Crippen molar-refractivity contribution < 1.29 is 9.63 Å². The van der Waals surface area contributed by atoms with E-state index in [0.717, 1.165) is 43.0 Å². The highest BCUT2D eigenvalue weighted by Gasteiger charge is 2.32. The largest absolute Gasteiger partial charge is 0.367 e. The first-order valence-corrected chi connectivity index (χ1v) is 8.10. The summed E-state index contributed by atoms with van der Waals surface area (Å²) in [5.41, 5.74) is 1.94. The van der Waals surface area contributed by atoms with Gasteiger partial charge in [-0.2, -0.15) is 0 Å². The lowest BCUT2D eigenvalue weighted by Gasteiger charge is -2.31. The van der Waals surface area contributed by atoms with E-state index in [1.54, 1.807) is 0 Å². The van der Waals surface area contributed by atoms with Gasteiger partial charge in [-0.3, -0.25) is 9.63 Å². The lowest BCUT2D eigenvalue weighted by atomic mass is 9.96. The third-order valence-corrected chi connectivity index (χ3v) is 4.33. The second-order valence-corrected chi connectivity index (χ2v) is 5.92. The van der Waals surface area contributed by atoms with E-state index in [-0.39, 0.29) is 11.8 Å². The summed E-state index contributed by atoms with van der Waals surface area (Å²) in [6.07, 6.45) is 2.21. The molecule has 1 atom stereocenters. The molecule has 0 aromatic carbocycles. The molecule has 6 heteroatoms. The zero-order chi connectivity index (χ0) is 15.5. The molecule has 1 aromatic rings. The zero-order valence-electron chi connectivity index (χ0n) is 13.3. The SMILES string of the molecule is CCON1Cc2ccc(NC3CCNCC3)nc2C(C)C1=O. The number of aromatic nitrogens is 1. The highest BCUT2D eigenvalue weighted by Crippen LogP contribution is 2.29. The average Bonchev–Trinajstić information content (AvgIpc) is 2.54. The van der Waals surface area contributed by atoms with Crippen molar-refractivity contribution in [3.05, 3.63) is 23.4 Å². The molecular weight excluding hydrogens is 280 g/mol. The van der Waals surface area contributed by atoms with Crippen LogP contribution >= 0.6 is 0 Å². The maximum atomic E-state index is 12.3. The van der Waals surface area contributed by atoms with Crippen LogP contribution in [0.15, 0.2) is 12.1 Å². The molecule has 2 aliphatic heterocycles. The molecule has 2 aliphatic rings. The van der Waals surface area contributed by atoms with E-state index >= 15 is 0 Å². The Balaban J connectivity index is 1.77. The summed E-state index contributed by atoms with van der Waals surface area (Å²) >= 11 is 0. The van der Waals surface area contributed by atoms with Crippen LogP contribution in [0, 0.1) is 0 Å². The second kappa shape index (κ2) is 6.62. The maximum Gasteiger partial charge on any atom is 0.255 e. The number of nitrogens with one attached hydrogen (secondary N) is 2. The quantitative estimate of drug-likeness (QED) is 0.885. The maximum absolute atomic E-state index is 12.3. The fraction of sp³-hybridized carbons (Fsp3) is 0.625. The van der Waals surface area contributed by atoms with Crippen molar-refractivity contribution in [1.82, 2.24) is 15.4 Å². The van der Waals surface area contributed by atoms with Gasteiger partial charge < -0.3 is 10.6 Å². The van der Waals surface area contributed by atoms with E-state index in [0.29, 0.717) is 19.2 Å². The number of pyridine rings is 1. The van der Waals surface area contributed by atoms with E-state index in [1.165, 1.54) is 5.06 Å². The topological polar surface area (TPSA) is 66.5 Å². The third-order valence-electron chi connectivity index (χ3n) is 4.33. The minimum absolute atomic E-state index is 0.0131. The Bertz CT molecular complexity index is 543. The highest BCUT2D eigenvalue weighted by molar-refractivity contribution is 5.84. The van der Waals surface area contributed by atoms with E-state index in [2.05, 4.69) is 16.7 Å². The van der Waals surface area contributed by atoms with Crippen molar-refractivity contribution in [2.75, 3.05) is 25.0 Å². The fourth-order valence-corrected chi connectivity index (χ4v) is 3.10. The second-order valence-electron chi connectivity index (χ2n) is 5.92. The zero-order valence-corrected chi connectivity index (χ0v) is 13.3. The predicted molar refractivity (Wildman–Crippen MR) is 84.3 cm³/mol. The van der Waals surface area contributed by atoms with E-state index in [9.17, 15) is 4.79 Å². The number of hydroxylamine groups is 2. The van der Waals surface area contributed by atoms with Crippen LogP contribution in [0.4, 0.5) is 5.82 Å². The molecule has 1 aromatic heterocycles. The normalized spacial score (nSPS) is 22.5. The van der Waals surface area contributed by atoms with Crippen LogP contribution in [0.1, 0.15) is 43.9 Å². The molecule has 22 heavy (non-hydrogen) atoms. The number of hydrogen-bond donors (Lipinski definition) is 2. The molecule has 0 aliphatic carbocycles. The summed E-state index contributed by atoms with van der Waals surface area (Å²) in [5, 5.41) is 8.30. The number of fused-ring (bicyclic) bond motifs is 1. The summed E-state index contributed by atoms with van der Waals surface area (Å²) in [4.78, 5) is 22.4. The summed E-state index contributed by atoms with van der Waals surface area (Å²) in [7, 11) is 0. The van der Waals surface area contributed by atoms with E-state index in [1.807, 2.05) is 19.9 Å². The highest BCUT2D eigenvalue weighted by atomic mass is 16.7. The van der Waals surface area contributed by atoms with Crippen LogP contribution in [-0.2, 0) is 16.2 Å². The van der Waals surface area contributed by atoms with Gasteiger partial charge in [0, 0.05) is 6.04 Å². The van der Waals surface area contributed by atoms with Crippen LogP contribution < -0.4 is 10.6 Å². The summed E-state index contributed by atoms with van der Waals surface area (Å²) < 4.78 is 0. The van der Waals surface area contributed by atoms with Gasteiger partial charge in [0.1, 0.15) is 5.82 Å². The molecule has 2 N–H and O–H groups in total. The van der Waals surface area contributed by atoms with Gasteiger partial charge >= 0.3 is 0 Å². The van der Waals surface area contributed by atoms with Crippen molar-refractivity contribution in [2.45, 2.75) is 45.2 Å². The number of carbonyl (C=O) groups excluding carboxylic acids is 1. The van der Waals surface area contributed by atoms with Gasteiger partial charge in [0.15, 0.2) is 0 Å². The van der Waals surface area contributed by atoms with Gasteiger partial charge in [0.2, 0.25) is 0 Å². The molecule has 0 radical (unpaired) electrons. The van der Waals surface area contributed by atoms with Gasteiger partial charge in [0.05, 0.1) is 24.8 Å². The smallest absolute Gasteiger partial charge is 0.255 e. The number of carbonyl (C=O) groups is 1. The van der Waals surface area contributed by atoms with Gasteiger partial charge in [-0.15, -0.1) is 0 Å². The minimum atomic E-state index is -0.259. The van der Waals surface area contributed by atoms with Crippen LogP contribution in [-0.4, -0.2) is 41.7 Å². The van der Waals surface area contributed by atoms with Crippen LogP contribution in [0.2, 0.25) is 0 Å². The molecule has 0 saturated carbocycles. The first-order valence-electron chi connectivity index (χ1n) is 8.10. The van der Waals surface area contributed by atoms with Gasteiger partial charge in [-0.25, -0.2) is 10.0 Å². The Morgan fingerprint density at radius 1 is 1.41 bits per heavy atom. The molecule has 1 fully saturated rings. The Morgan fingerprint density at radius 2 is 2.18 bits per heavy atom. The first-order chi connectivity index (χ1) is 10.7. The number of rotatable bonds is 4. The molecule has 1 saturated heterocycles. The molecule has 3 rings (SSSR count). The summed E-state index contributed by atoms with van der Waals surface area (Å²) in [6.45, 7) is 6.84. The molecule has 120 valence electrons. The number of anilines is 1. The minimum Gasteiger partial charge on any atom is -0.367 e. The number of hydrogen-bond acceptors (Lipinski definition) is 5. The Kier molecular flexibility index (Phi) is 4.59. The van der Waals surface area contributed by atoms with Crippen molar-refractivity contribution in [1.29, 1.82) is 0 Å². The molecule has 1 unspecified atom stereocenters. The van der Waals surface area contributed by atoms with Crippen LogP contribution in [0.5, 0.6) is 0 Å². The van der Waals surface area contributed by atoms with Crippen molar-refractivity contribution in [3.63, 3.8) is 0 Å². The monoisotopic (exact) mass is 304 g/mol. The van der Waals surface area contributed by atoms with Crippen LogP contribution in [0.3, 0.4) is 0 Å². The lowest BCUT2D eigenvalue weighted by Crippen LogP contribution is -2.39. The van der Waals surface area contributed by atoms with Gasteiger partial charge in [-0.1, -0.05) is 6.07 Å². The number of amides is 1. The summed E-state index contributed by atoms with van der Waals surface area (Å²) in [5.74, 6) is 0.598. The van der Waals surface area contributed by atoms with E-state index in [4.69, 9.17) is 9.82 Å². The average molecular weight is 304 g/mol. The lowest BCUT2D eigenvalue weighted by molar-refractivity contribution is -0.192. The molecule has 0 bridgehead atoms. The van der Waals surface area contributed by atoms with Crippen molar-refractivity contribution in [2.24, 2.45) is 0 Å². The third kappa shape index (κ3) is 3.08.